The zero-order valence-electron chi connectivity index (χ0n) is 10.8. The Labute approximate surface area is 116 Å². The summed E-state index contributed by atoms with van der Waals surface area (Å²) in [6, 6.07) is 7.40. The van der Waals surface area contributed by atoms with Crippen LogP contribution in [0.3, 0.4) is 0 Å². The van der Waals surface area contributed by atoms with Gasteiger partial charge in [0.2, 0.25) is 0 Å². The topological polar surface area (TPSA) is 107 Å². The van der Waals surface area contributed by atoms with Gasteiger partial charge in [-0.1, -0.05) is 11.8 Å². The second-order valence-electron chi connectivity index (χ2n) is 3.44. The number of nitrogens with zero attached hydrogens (tertiary/aromatic N) is 1. The van der Waals surface area contributed by atoms with Gasteiger partial charge >= 0.3 is 0 Å². The maximum Gasteiger partial charge on any atom is 0.193 e. The van der Waals surface area contributed by atoms with Gasteiger partial charge in [-0.15, -0.1) is 0 Å². The maximum absolute atomic E-state index is 7.42. The van der Waals surface area contributed by atoms with Crippen molar-refractivity contribution in [1.29, 1.82) is 5.41 Å². The first-order valence-electron chi connectivity index (χ1n) is 5.78. The average molecular weight is 282 g/mol. The van der Waals surface area contributed by atoms with Crippen molar-refractivity contribution < 1.29 is 9.47 Å². The van der Waals surface area contributed by atoms with Crippen molar-refractivity contribution in [3.05, 3.63) is 24.3 Å². The maximum atomic E-state index is 7.42. The van der Waals surface area contributed by atoms with E-state index >= 15 is 0 Å². The molecule has 0 amide bonds. The molecule has 6 nitrogen and oxygen atoms in total. The van der Waals surface area contributed by atoms with E-state index in [0.717, 1.165) is 11.5 Å². The van der Waals surface area contributed by atoms with Gasteiger partial charge in [0, 0.05) is 5.75 Å². The molecule has 0 atom stereocenters. The molecular weight excluding hydrogens is 264 g/mol. The molecule has 1 aromatic carbocycles. The number of amidine groups is 1. The van der Waals surface area contributed by atoms with E-state index in [9.17, 15) is 0 Å². The van der Waals surface area contributed by atoms with Crippen molar-refractivity contribution in [2.24, 2.45) is 16.5 Å². The molecule has 1 aromatic rings. The summed E-state index contributed by atoms with van der Waals surface area (Å²) in [5, 5.41) is 7.50. The van der Waals surface area contributed by atoms with Crippen molar-refractivity contribution in [2.75, 3.05) is 19.0 Å². The van der Waals surface area contributed by atoms with Gasteiger partial charge in [-0.25, -0.2) is 0 Å². The van der Waals surface area contributed by atoms with E-state index in [1.165, 1.54) is 11.8 Å². The second kappa shape index (κ2) is 8.25. The molecule has 0 unspecified atom stereocenters. The van der Waals surface area contributed by atoms with Crippen LogP contribution in [0.1, 0.15) is 6.92 Å². The Hall–Kier alpha value is -1.89. The summed E-state index contributed by atoms with van der Waals surface area (Å²) in [7, 11) is 0. The standard InChI is InChI=1S/C12H18N4O2S/c1-2-17-9-3-5-10(6-4-9)18-7-8-19-12(15)16-11(13)14/h3-6H,2,7-8H2,1H3,(H5,13,14,15,16). The lowest BCUT2D eigenvalue weighted by Crippen LogP contribution is -2.23. The van der Waals surface area contributed by atoms with Gasteiger partial charge in [0.25, 0.3) is 0 Å². The highest BCUT2D eigenvalue weighted by atomic mass is 32.2. The summed E-state index contributed by atoms with van der Waals surface area (Å²) in [6.07, 6.45) is 0. The van der Waals surface area contributed by atoms with Crippen molar-refractivity contribution in [3.63, 3.8) is 0 Å². The van der Waals surface area contributed by atoms with Crippen LogP contribution in [0.5, 0.6) is 11.5 Å². The summed E-state index contributed by atoms with van der Waals surface area (Å²) in [4.78, 5) is 3.60. The fourth-order valence-corrected chi connectivity index (χ4v) is 1.78. The zero-order chi connectivity index (χ0) is 14.1. The molecule has 0 saturated carbocycles. The molecule has 0 aliphatic rings. The summed E-state index contributed by atoms with van der Waals surface area (Å²) in [5.74, 6) is 2.07. The molecule has 0 aromatic heterocycles. The number of benzene rings is 1. The number of aliphatic imine (C=N–C) groups is 1. The number of thioether (sulfide) groups is 1. The minimum absolute atomic E-state index is 0.0790. The van der Waals surface area contributed by atoms with E-state index in [-0.39, 0.29) is 11.1 Å². The first-order valence-corrected chi connectivity index (χ1v) is 6.77. The van der Waals surface area contributed by atoms with Gasteiger partial charge in [0.15, 0.2) is 11.1 Å². The third-order valence-electron chi connectivity index (χ3n) is 1.96. The van der Waals surface area contributed by atoms with Crippen LogP contribution in [0.2, 0.25) is 0 Å². The minimum Gasteiger partial charge on any atom is -0.494 e. The zero-order valence-corrected chi connectivity index (χ0v) is 11.6. The first kappa shape index (κ1) is 15.2. The van der Waals surface area contributed by atoms with Crippen LogP contribution in [-0.2, 0) is 0 Å². The van der Waals surface area contributed by atoms with Crippen LogP contribution in [0.25, 0.3) is 0 Å². The highest BCUT2D eigenvalue weighted by Gasteiger charge is 1.98. The predicted molar refractivity (Wildman–Crippen MR) is 79.1 cm³/mol. The molecule has 0 radical (unpaired) electrons. The first-order chi connectivity index (χ1) is 9.11. The quantitative estimate of drug-likeness (QED) is 0.415. The largest absolute Gasteiger partial charge is 0.494 e. The molecule has 1 rings (SSSR count). The van der Waals surface area contributed by atoms with Crippen LogP contribution < -0.4 is 20.9 Å². The third kappa shape index (κ3) is 6.56. The Balaban J connectivity index is 2.26. The molecular formula is C12H18N4O2S. The normalized spacial score (nSPS) is 9.74. The van der Waals surface area contributed by atoms with Crippen molar-refractivity contribution >= 4 is 22.9 Å². The Bertz CT molecular complexity index is 430. The molecule has 0 fully saturated rings. The molecule has 0 spiro atoms. The van der Waals surface area contributed by atoms with Crippen LogP contribution in [-0.4, -0.2) is 30.1 Å². The monoisotopic (exact) mass is 282 g/mol. The lowest BCUT2D eigenvalue weighted by Gasteiger charge is -2.07. The molecule has 104 valence electrons. The molecule has 0 heterocycles. The van der Waals surface area contributed by atoms with Gasteiger partial charge in [-0.3, -0.25) is 5.41 Å². The van der Waals surface area contributed by atoms with Crippen molar-refractivity contribution in [2.45, 2.75) is 6.92 Å². The van der Waals surface area contributed by atoms with Crippen LogP contribution >= 0.6 is 11.8 Å². The number of nitrogens with one attached hydrogen (secondary N) is 1. The van der Waals surface area contributed by atoms with E-state index < -0.39 is 0 Å². The number of ether oxygens (including phenoxy) is 2. The molecule has 0 aliphatic carbocycles. The van der Waals surface area contributed by atoms with Gasteiger partial charge in [-0.05, 0) is 31.2 Å². The van der Waals surface area contributed by atoms with Crippen molar-refractivity contribution in [1.82, 2.24) is 0 Å². The number of guanidine groups is 1. The lowest BCUT2D eigenvalue weighted by molar-refractivity contribution is 0.332. The predicted octanol–water partition coefficient (Wildman–Crippen LogP) is 1.41. The highest BCUT2D eigenvalue weighted by molar-refractivity contribution is 8.13. The second-order valence-corrected chi connectivity index (χ2v) is 4.53. The van der Waals surface area contributed by atoms with Crippen LogP contribution in [0.15, 0.2) is 29.3 Å². The molecule has 0 aliphatic heterocycles. The van der Waals surface area contributed by atoms with Gasteiger partial charge in [0.1, 0.15) is 11.5 Å². The number of nitrogens with two attached hydrogens (primary N) is 2. The Morgan fingerprint density at radius 3 is 2.32 bits per heavy atom. The summed E-state index contributed by atoms with van der Waals surface area (Å²) in [5.41, 5.74) is 10.3. The van der Waals surface area contributed by atoms with Crippen molar-refractivity contribution in [3.8, 4) is 11.5 Å². The third-order valence-corrected chi connectivity index (χ3v) is 2.69. The molecule has 0 saturated heterocycles. The number of hydrogen-bond donors (Lipinski definition) is 3. The summed E-state index contributed by atoms with van der Waals surface area (Å²) in [6.45, 7) is 3.05. The Kier molecular flexibility index (Phi) is 6.59. The fraction of sp³-hybridized carbons (Fsp3) is 0.333. The molecule has 19 heavy (non-hydrogen) atoms. The van der Waals surface area contributed by atoms with E-state index in [2.05, 4.69) is 4.99 Å². The van der Waals surface area contributed by atoms with Gasteiger partial charge < -0.3 is 20.9 Å². The number of rotatable bonds is 6. The fourth-order valence-electron chi connectivity index (χ4n) is 1.25. The van der Waals surface area contributed by atoms with Gasteiger partial charge in [0.05, 0.1) is 13.2 Å². The smallest absolute Gasteiger partial charge is 0.193 e. The van der Waals surface area contributed by atoms with Crippen LogP contribution in [0, 0.1) is 5.41 Å². The van der Waals surface area contributed by atoms with Gasteiger partial charge in [-0.2, -0.15) is 4.99 Å². The van der Waals surface area contributed by atoms with E-state index in [4.69, 9.17) is 26.4 Å². The summed E-state index contributed by atoms with van der Waals surface area (Å²) >= 11 is 1.22. The molecule has 0 bridgehead atoms. The minimum atomic E-state index is -0.107. The summed E-state index contributed by atoms with van der Waals surface area (Å²) < 4.78 is 10.8. The van der Waals surface area contributed by atoms with E-state index in [1.54, 1.807) is 0 Å². The Morgan fingerprint density at radius 2 is 1.79 bits per heavy atom. The Morgan fingerprint density at radius 1 is 1.21 bits per heavy atom. The SMILES string of the molecule is CCOc1ccc(OCCSC(=N)N=C(N)N)cc1. The highest BCUT2D eigenvalue weighted by Crippen LogP contribution is 2.17. The molecule has 7 heteroatoms. The average Bonchev–Trinajstić information content (AvgIpc) is 2.36. The van der Waals surface area contributed by atoms with E-state index in [0.29, 0.717) is 19.0 Å². The van der Waals surface area contributed by atoms with Crippen LogP contribution in [0.4, 0.5) is 0 Å². The van der Waals surface area contributed by atoms with E-state index in [1.807, 2.05) is 31.2 Å². The lowest BCUT2D eigenvalue weighted by atomic mass is 10.3. The number of hydrogen-bond acceptors (Lipinski definition) is 4. The molecule has 5 N–H and O–H groups in total.